The van der Waals surface area contributed by atoms with Crippen molar-refractivity contribution in [1.29, 1.82) is 0 Å². The highest BCUT2D eigenvalue weighted by Crippen LogP contribution is 2.28. The second-order valence-electron chi connectivity index (χ2n) is 7.61. The molecule has 0 unspecified atom stereocenters. The number of nitrogens with one attached hydrogen (secondary N) is 1. The van der Waals surface area contributed by atoms with E-state index in [0.717, 1.165) is 17.1 Å². The number of nitrogens with zero attached hydrogens (tertiary/aromatic N) is 1. The van der Waals surface area contributed by atoms with Crippen LogP contribution >= 0.6 is 23.2 Å². The third kappa shape index (κ3) is 5.22. The smallest absolute Gasteiger partial charge is 0.336 e. The van der Waals surface area contributed by atoms with Gasteiger partial charge < -0.3 is 15.3 Å². The lowest BCUT2D eigenvalue weighted by Gasteiger charge is -2.21. The van der Waals surface area contributed by atoms with Gasteiger partial charge in [0.2, 0.25) is 0 Å². The number of carbonyl (C=O) groups is 2. The van der Waals surface area contributed by atoms with Crippen LogP contribution in [0.2, 0.25) is 10.0 Å². The molecule has 5 nitrogen and oxygen atoms in total. The van der Waals surface area contributed by atoms with Crippen molar-refractivity contribution in [2.24, 2.45) is 0 Å². The van der Waals surface area contributed by atoms with Crippen molar-refractivity contribution in [3.63, 3.8) is 0 Å². The van der Waals surface area contributed by atoms with Gasteiger partial charge in [-0.3, -0.25) is 4.79 Å². The molecule has 34 heavy (non-hydrogen) atoms. The van der Waals surface area contributed by atoms with Crippen LogP contribution in [-0.2, 0) is 0 Å². The van der Waals surface area contributed by atoms with E-state index >= 15 is 0 Å². The van der Waals surface area contributed by atoms with E-state index in [1.807, 2.05) is 36.2 Å². The number of carboxylic acids is 1. The minimum atomic E-state index is -1.17. The van der Waals surface area contributed by atoms with Gasteiger partial charge in [0.25, 0.3) is 0 Å². The number of carboxylic acid groups (broad SMARTS) is 1. The lowest BCUT2D eigenvalue weighted by molar-refractivity contribution is 0.0693. The molecule has 0 spiro atoms. The van der Waals surface area contributed by atoms with Crippen LogP contribution in [0.1, 0.15) is 26.3 Å². The molecular formula is C27H20Cl2N2O3. The molecule has 0 radical (unpaired) electrons. The van der Waals surface area contributed by atoms with Crippen LogP contribution in [0.4, 0.5) is 22.7 Å². The molecule has 0 saturated heterocycles. The van der Waals surface area contributed by atoms with E-state index in [2.05, 4.69) is 5.32 Å². The standard InChI is InChI=1S/C27H20Cl2N2O3/c1-31(22-12-6-19(29)7-13-22)23-14-15-24(25(16-23)27(33)34)26(32)17-2-8-20(9-3-17)30-21-10-4-18(28)5-11-21/h2-16,30H,1H3,(H,33,34). The first-order chi connectivity index (χ1) is 16.3. The lowest BCUT2D eigenvalue weighted by Crippen LogP contribution is -2.14. The van der Waals surface area contributed by atoms with E-state index in [-0.39, 0.29) is 16.9 Å². The highest BCUT2D eigenvalue weighted by Gasteiger charge is 2.20. The van der Waals surface area contributed by atoms with E-state index in [1.165, 1.54) is 6.07 Å². The van der Waals surface area contributed by atoms with Gasteiger partial charge in [-0.1, -0.05) is 23.2 Å². The van der Waals surface area contributed by atoms with E-state index in [0.29, 0.717) is 21.3 Å². The average molecular weight is 491 g/mol. The molecule has 0 aliphatic rings. The minimum absolute atomic E-state index is 0.0633. The second-order valence-corrected chi connectivity index (χ2v) is 8.48. The number of ketones is 1. The molecule has 4 rings (SSSR count). The van der Waals surface area contributed by atoms with Crippen molar-refractivity contribution in [3.8, 4) is 0 Å². The predicted octanol–water partition coefficient (Wildman–Crippen LogP) is 7.43. The number of benzene rings is 4. The monoisotopic (exact) mass is 490 g/mol. The molecule has 0 fully saturated rings. The Balaban J connectivity index is 1.58. The van der Waals surface area contributed by atoms with Gasteiger partial charge in [-0.2, -0.15) is 0 Å². The van der Waals surface area contributed by atoms with Gasteiger partial charge in [0.05, 0.1) is 5.56 Å². The van der Waals surface area contributed by atoms with Crippen molar-refractivity contribution >= 4 is 57.7 Å². The highest BCUT2D eigenvalue weighted by atomic mass is 35.5. The van der Waals surface area contributed by atoms with Crippen molar-refractivity contribution in [1.82, 2.24) is 0 Å². The Kier molecular flexibility index (Phi) is 6.87. The van der Waals surface area contributed by atoms with Crippen molar-refractivity contribution < 1.29 is 14.7 Å². The summed E-state index contributed by atoms with van der Waals surface area (Å²) in [4.78, 5) is 27.0. The van der Waals surface area contributed by atoms with E-state index in [9.17, 15) is 14.7 Å². The fraction of sp³-hybridized carbons (Fsp3) is 0.0370. The molecule has 0 atom stereocenters. The molecule has 4 aromatic rings. The summed E-state index contributed by atoms with van der Waals surface area (Å²) in [5.74, 6) is -1.54. The Bertz CT molecular complexity index is 1340. The Labute approximate surface area is 207 Å². The normalized spacial score (nSPS) is 10.6. The van der Waals surface area contributed by atoms with Crippen LogP contribution in [-0.4, -0.2) is 23.9 Å². The van der Waals surface area contributed by atoms with Gasteiger partial charge in [-0.05, 0) is 91.0 Å². The quantitative estimate of drug-likeness (QED) is 0.263. The molecule has 0 heterocycles. The van der Waals surface area contributed by atoms with Gasteiger partial charge >= 0.3 is 5.97 Å². The zero-order valence-electron chi connectivity index (χ0n) is 18.1. The van der Waals surface area contributed by atoms with E-state index in [1.54, 1.807) is 60.7 Å². The number of rotatable bonds is 7. The maximum absolute atomic E-state index is 13.1. The van der Waals surface area contributed by atoms with Crippen LogP contribution in [0.25, 0.3) is 0 Å². The first-order valence-corrected chi connectivity index (χ1v) is 11.1. The first-order valence-electron chi connectivity index (χ1n) is 10.4. The van der Waals surface area contributed by atoms with Gasteiger partial charge in [0, 0.05) is 51.0 Å². The summed E-state index contributed by atoms with van der Waals surface area (Å²) >= 11 is 11.9. The molecule has 4 aromatic carbocycles. The number of hydrogen-bond donors (Lipinski definition) is 2. The Morgan fingerprint density at radius 2 is 1.21 bits per heavy atom. The van der Waals surface area contributed by atoms with Crippen LogP contribution in [0.5, 0.6) is 0 Å². The van der Waals surface area contributed by atoms with Gasteiger partial charge in [-0.25, -0.2) is 4.79 Å². The summed E-state index contributed by atoms with van der Waals surface area (Å²) in [6.45, 7) is 0. The van der Waals surface area contributed by atoms with Gasteiger partial charge in [0.1, 0.15) is 0 Å². The number of halogens is 2. The number of aromatic carboxylic acids is 1. The van der Waals surface area contributed by atoms with Crippen LogP contribution in [0.3, 0.4) is 0 Å². The summed E-state index contributed by atoms with van der Waals surface area (Å²) in [6, 6.07) is 26.1. The van der Waals surface area contributed by atoms with Gasteiger partial charge in [0.15, 0.2) is 5.78 Å². The fourth-order valence-electron chi connectivity index (χ4n) is 3.49. The first kappa shape index (κ1) is 23.4. The van der Waals surface area contributed by atoms with E-state index in [4.69, 9.17) is 23.2 Å². The van der Waals surface area contributed by atoms with E-state index < -0.39 is 5.97 Å². The summed E-state index contributed by atoms with van der Waals surface area (Å²) in [7, 11) is 1.82. The largest absolute Gasteiger partial charge is 0.478 e. The number of carbonyl (C=O) groups excluding carboxylic acids is 1. The molecule has 170 valence electrons. The van der Waals surface area contributed by atoms with Crippen molar-refractivity contribution in [2.45, 2.75) is 0 Å². The third-order valence-corrected chi connectivity index (χ3v) is 5.86. The third-order valence-electron chi connectivity index (χ3n) is 5.36. The van der Waals surface area contributed by atoms with Crippen molar-refractivity contribution in [3.05, 3.63) is 118 Å². The lowest BCUT2D eigenvalue weighted by atomic mass is 9.97. The second kappa shape index (κ2) is 10.00. The summed E-state index contributed by atoms with van der Waals surface area (Å²) in [6.07, 6.45) is 0. The molecule has 0 bridgehead atoms. The fourth-order valence-corrected chi connectivity index (χ4v) is 3.74. The molecule has 0 saturated carbocycles. The Morgan fingerprint density at radius 3 is 1.76 bits per heavy atom. The highest BCUT2D eigenvalue weighted by molar-refractivity contribution is 6.31. The molecule has 0 aromatic heterocycles. The SMILES string of the molecule is CN(c1ccc(Cl)cc1)c1ccc(C(=O)c2ccc(Nc3ccc(Cl)cc3)cc2)c(C(=O)O)c1. The molecule has 0 amide bonds. The molecule has 0 aliphatic heterocycles. The Morgan fingerprint density at radius 1 is 0.706 bits per heavy atom. The summed E-state index contributed by atoms with van der Waals surface area (Å²) in [5, 5.41) is 14.3. The maximum atomic E-state index is 13.1. The predicted molar refractivity (Wildman–Crippen MR) is 138 cm³/mol. The number of anilines is 4. The number of hydrogen-bond acceptors (Lipinski definition) is 4. The zero-order valence-corrected chi connectivity index (χ0v) is 19.6. The average Bonchev–Trinajstić information content (AvgIpc) is 2.85. The maximum Gasteiger partial charge on any atom is 0.336 e. The topological polar surface area (TPSA) is 69.6 Å². The molecule has 7 heteroatoms. The zero-order chi connectivity index (χ0) is 24.2. The van der Waals surface area contributed by atoms with Gasteiger partial charge in [-0.15, -0.1) is 0 Å². The molecular weight excluding hydrogens is 471 g/mol. The van der Waals surface area contributed by atoms with Crippen LogP contribution in [0, 0.1) is 0 Å². The minimum Gasteiger partial charge on any atom is -0.478 e. The Hall–Kier alpha value is -3.80. The summed E-state index contributed by atoms with van der Waals surface area (Å²) in [5.41, 5.74) is 3.57. The van der Waals surface area contributed by atoms with Crippen LogP contribution < -0.4 is 10.2 Å². The molecule has 2 N–H and O–H groups in total. The van der Waals surface area contributed by atoms with Crippen molar-refractivity contribution in [2.75, 3.05) is 17.3 Å². The van der Waals surface area contributed by atoms with Crippen LogP contribution in [0.15, 0.2) is 91.0 Å². The molecule has 0 aliphatic carbocycles. The summed E-state index contributed by atoms with van der Waals surface area (Å²) < 4.78 is 0.